The van der Waals surface area contributed by atoms with Gasteiger partial charge in [0.2, 0.25) is 16.0 Å². The van der Waals surface area contributed by atoms with Gasteiger partial charge in [-0.1, -0.05) is 18.2 Å². The van der Waals surface area contributed by atoms with Gasteiger partial charge in [0.05, 0.1) is 10.6 Å². The molecule has 0 radical (unpaired) electrons. The molecule has 0 saturated carbocycles. The number of hydrogen-bond acceptors (Lipinski definition) is 6. The maximum absolute atomic E-state index is 13.2. The summed E-state index contributed by atoms with van der Waals surface area (Å²) in [6, 6.07) is 8.37. The summed E-state index contributed by atoms with van der Waals surface area (Å²) in [6.07, 6.45) is 0. The Balaban J connectivity index is 1.68. The summed E-state index contributed by atoms with van der Waals surface area (Å²) in [4.78, 5) is 20.3. The average molecular weight is 431 g/mol. The number of aromatic nitrogens is 4. The first kappa shape index (κ1) is 20.5. The van der Waals surface area contributed by atoms with E-state index in [9.17, 15) is 13.2 Å². The summed E-state index contributed by atoms with van der Waals surface area (Å²) in [5.74, 6) is 0.565. The zero-order valence-corrected chi connectivity index (χ0v) is 18.4. The van der Waals surface area contributed by atoms with E-state index >= 15 is 0 Å². The van der Waals surface area contributed by atoms with Crippen molar-refractivity contribution >= 4 is 27.0 Å². The molecule has 1 saturated heterocycles. The van der Waals surface area contributed by atoms with Crippen LogP contribution in [0.4, 0.5) is 5.95 Å². The number of sulfonamides is 1. The Hall–Kier alpha value is -2.72. The summed E-state index contributed by atoms with van der Waals surface area (Å²) < 4.78 is 30.6. The second-order valence-corrected chi connectivity index (χ2v) is 9.73. The zero-order valence-electron chi connectivity index (χ0n) is 17.6. The highest BCUT2D eigenvalue weighted by molar-refractivity contribution is 7.89. The van der Waals surface area contributed by atoms with Gasteiger partial charge in [-0.2, -0.15) is 9.40 Å². The van der Waals surface area contributed by atoms with Crippen molar-refractivity contribution in [2.24, 2.45) is 7.05 Å². The molecule has 10 heteroatoms. The maximum atomic E-state index is 13.2. The van der Waals surface area contributed by atoms with Crippen LogP contribution in [-0.4, -0.2) is 58.2 Å². The monoisotopic (exact) mass is 430 g/mol. The molecule has 0 bridgehead atoms. The van der Waals surface area contributed by atoms with E-state index in [1.807, 2.05) is 25.7 Å². The van der Waals surface area contributed by atoms with Crippen LogP contribution in [0.15, 0.2) is 40.0 Å². The fourth-order valence-corrected chi connectivity index (χ4v) is 5.38. The first-order valence-corrected chi connectivity index (χ1v) is 11.4. The highest BCUT2D eigenvalue weighted by Crippen LogP contribution is 2.23. The van der Waals surface area contributed by atoms with E-state index < -0.39 is 10.0 Å². The highest BCUT2D eigenvalue weighted by Gasteiger charge is 2.31. The molecule has 1 aromatic carbocycles. The molecule has 160 valence electrons. The normalized spacial score (nSPS) is 16.0. The van der Waals surface area contributed by atoms with Crippen molar-refractivity contribution in [3.63, 3.8) is 0 Å². The Morgan fingerprint density at radius 2 is 1.67 bits per heavy atom. The third-order valence-electron chi connectivity index (χ3n) is 5.46. The molecule has 4 rings (SSSR count). The van der Waals surface area contributed by atoms with Crippen LogP contribution in [0.3, 0.4) is 0 Å². The highest BCUT2D eigenvalue weighted by atomic mass is 32.2. The molecule has 9 nitrogen and oxygen atoms in total. The topological polar surface area (TPSA) is 93.3 Å². The van der Waals surface area contributed by atoms with E-state index in [2.05, 4.69) is 5.10 Å². The van der Waals surface area contributed by atoms with Crippen molar-refractivity contribution in [3.8, 4) is 0 Å². The minimum absolute atomic E-state index is 0.0920. The fourth-order valence-electron chi connectivity index (χ4n) is 3.94. The van der Waals surface area contributed by atoms with E-state index in [4.69, 9.17) is 4.98 Å². The van der Waals surface area contributed by atoms with Crippen molar-refractivity contribution in [1.82, 2.24) is 23.6 Å². The molecule has 0 atom stereocenters. The number of nitrogens with zero attached hydrogens (tertiary/aromatic N) is 6. The van der Waals surface area contributed by atoms with Crippen molar-refractivity contribution < 1.29 is 8.42 Å². The molecule has 1 aliphatic rings. The minimum atomic E-state index is -3.54. The third-order valence-corrected chi connectivity index (χ3v) is 7.37. The van der Waals surface area contributed by atoms with E-state index in [0.29, 0.717) is 53.8 Å². The summed E-state index contributed by atoms with van der Waals surface area (Å²) >= 11 is 0. The Morgan fingerprint density at radius 3 is 2.27 bits per heavy atom. The van der Waals surface area contributed by atoms with E-state index in [1.165, 1.54) is 4.31 Å². The molecule has 0 unspecified atom stereocenters. The second kappa shape index (κ2) is 7.51. The van der Waals surface area contributed by atoms with Crippen LogP contribution in [-0.2, 0) is 17.1 Å². The van der Waals surface area contributed by atoms with E-state index in [1.54, 1.807) is 46.6 Å². The smallest absolute Gasteiger partial charge is 0.281 e. The summed E-state index contributed by atoms with van der Waals surface area (Å²) in [7, 11) is -1.79. The van der Waals surface area contributed by atoms with Crippen LogP contribution in [0.1, 0.15) is 25.6 Å². The van der Waals surface area contributed by atoms with Gasteiger partial charge in [0.25, 0.3) is 5.56 Å². The Morgan fingerprint density at radius 1 is 1.03 bits per heavy atom. The molecule has 0 spiro atoms. The predicted molar refractivity (Wildman–Crippen MR) is 115 cm³/mol. The van der Waals surface area contributed by atoms with Crippen molar-refractivity contribution in [2.75, 3.05) is 31.1 Å². The Kier molecular flexibility index (Phi) is 5.15. The number of fused-ring (bicyclic) bond motifs is 1. The van der Waals surface area contributed by atoms with Crippen LogP contribution in [0, 0.1) is 6.92 Å². The molecule has 3 aromatic rings. The fraction of sp³-hybridized carbons (Fsp3) is 0.450. The van der Waals surface area contributed by atoms with Crippen LogP contribution in [0.2, 0.25) is 0 Å². The van der Waals surface area contributed by atoms with Gasteiger partial charge in [0, 0.05) is 39.3 Å². The number of anilines is 1. The van der Waals surface area contributed by atoms with Crippen LogP contribution >= 0.6 is 0 Å². The van der Waals surface area contributed by atoms with Gasteiger partial charge >= 0.3 is 0 Å². The molecule has 1 aliphatic heterocycles. The van der Waals surface area contributed by atoms with E-state index in [0.717, 1.165) is 0 Å². The quantitative estimate of drug-likeness (QED) is 0.623. The Bertz CT molecular complexity index is 1240. The van der Waals surface area contributed by atoms with Crippen LogP contribution in [0.25, 0.3) is 11.0 Å². The number of piperazine rings is 1. The lowest BCUT2D eigenvalue weighted by Gasteiger charge is -2.36. The van der Waals surface area contributed by atoms with Crippen molar-refractivity contribution in [1.29, 1.82) is 0 Å². The summed E-state index contributed by atoms with van der Waals surface area (Å²) in [5.41, 5.74) is 1.64. The van der Waals surface area contributed by atoms with Crippen molar-refractivity contribution in [2.45, 2.75) is 31.7 Å². The van der Waals surface area contributed by atoms with Gasteiger partial charge in [-0.15, -0.1) is 0 Å². The molecule has 0 amide bonds. The summed E-state index contributed by atoms with van der Waals surface area (Å²) in [5, 5.41) is 4.35. The predicted octanol–water partition coefficient (Wildman–Crippen LogP) is 1.53. The SMILES string of the molecule is Cc1nn(C)c2c(=O)n(C(C)C)c(N3CCN(S(=O)(=O)c4ccccc4)CC3)nc12. The van der Waals surface area contributed by atoms with Gasteiger partial charge in [-0.05, 0) is 32.9 Å². The maximum Gasteiger partial charge on any atom is 0.281 e. The molecule has 30 heavy (non-hydrogen) atoms. The first-order valence-electron chi connectivity index (χ1n) is 9.98. The first-order chi connectivity index (χ1) is 14.2. The molecular formula is C20H26N6O3S. The standard InChI is InChI=1S/C20H26N6O3S/c1-14(2)26-19(27)18-17(15(3)22-23(18)4)21-20(26)24-10-12-25(13-11-24)30(28,29)16-8-6-5-7-9-16/h5-9,14H,10-13H2,1-4H3. The largest absolute Gasteiger partial charge is 0.339 e. The van der Waals surface area contributed by atoms with Gasteiger partial charge < -0.3 is 4.90 Å². The van der Waals surface area contributed by atoms with Crippen molar-refractivity contribution in [3.05, 3.63) is 46.4 Å². The molecule has 2 aromatic heterocycles. The zero-order chi connectivity index (χ0) is 21.6. The molecule has 0 aliphatic carbocycles. The Labute approximate surface area is 175 Å². The van der Waals surface area contributed by atoms with Gasteiger partial charge in [0.1, 0.15) is 5.52 Å². The molecular weight excluding hydrogens is 404 g/mol. The number of rotatable bonds is 4. The number of hydrogen-bond donors (Lipinski definition) is 0. The van der Waals surface area contributed by atoms with Gasteiger partial charge in [-0.3, -0.25) is 14.0 Å². The minimum Gasteiger partial charge on any atom is -0.339 e. The summed E-state index contributed by atoms with van der Waals surface area (Å²) in [6.45, 7) is 7.29. The molecule has 3 heterocycles. The molecule has 0 N–H and O–H groups in total. The molecule has 1 fully saturated rings. The van der Waals surface area contributed by atoms with Gasteiger partial charge in [0.15, 0.2) is 5.52 Å². The van der Waals surface area contributed by atoms with E-state index in [-0.39, 0.29) is 11.6 Å². The number of benzene rings is 1. The number of aryl methyl sites for hydroxylation is 2. The lowest BCUT2D eigenvalue weighted by molar-refractivity contribution is 0.378. The lowest BCUT2D eigenvalue weighted by Crippen LogP contribution is -2.50. The second-order valence-electron chi connectivity index (χ2n) is 7.79. The van der Waals surface area contributed by atoms with Crippen LogP contribution < -0.4 is 10.5 Å². The van der Waals surface area contributed by atoms with Gasteiger partial charge in [-0.25, -0.2) is 13.4 Å². The third kappa shape index (κ3) is 3.29. The average Bonchev–Trinajstić information content (AvgIpc) is 3.02. The van der Waals surface area contributed by atoms with Crippen LogP contribution in [0.5, 0.6) is 0 Å². The lowest BCUT2D eigenvalue weighted by atomic mass is 10.3.